The molecule has 0 N–H and O–H groups in total. The molecule has 2 aromatic rings. The van der Waals surface area contributed by atoms with E-state index in [1.165, 1.54) is 11.0 Å². The molecule has 1 heterocycles. The Morgan fingerprint density at radius 3 is 2.74 bits per heavy atom. The number of benzene rings is 1. The summed E-state index contributed by atoms with van der Waals surface area (Å²) in [5.74, 6) is -0.474. The molecule has 0 spiro atoms. The van der Waals surface area contributed by atoms with E-state index in [1.54, 1.807) is 25.8 Å². The molecule has 8 heteroatoms. The number of aromatic nitrogens is 2. The number of carbonyl (C=O) groups is 1. The summed E-state index contributed by atoms with van der Waals surface area (Å²) in [5.41, 5.74) is -1.04. The minimum Gasteiger partial charge on any atom is -0.342 e. The molecule has 0 aliphatic heterocycles. The molecule has 0 unspecified atom stereocenters. The Balaban J connectivity index is 2.01. The van der Waals surface area contributed by atoms with Crippen molar-refractivity contribution in [1.29, 1.82) is 0 Å². The molecule has 1 aromatic carbocycles. The molecule has 2 rings (SSSR count). The third-order valence-corrected chi connectivity index (χ3v) is 3.66. The van der Waals surface area contributed by atoms with Crippen LogP contribution in [0.2, 0.25) is 5.02 Å². The lowest BCUT2D eigenvalue weighted by molar-refractivity contribution is -0.137. The van der Waals surface area contributed by atoms with Gasteiger partial charge in [-0.05, 0) is 24.6 Å². The topological polar surface area (TPSA) is 38.1 Å². The van der Waals surface area contributed by atoms with Gasteiger partial charge in [0.25, 0.3) is 5.91 Å². The molecule has 0 radical (unpaired) electrons. The van der Waals surface area contributed by atoms with Crippen LogP contribution in [0.1, 0.15) is 22.3 Å². The van der Waals surface area contributed by atoms with E-state index in [0.717, 1.165) is 12.1 Å². The lowest BCUT2D eigenvalue weighted by Crippen LogP contribution is -2.28. The molecule has 0 aliphatic carbocycles. The standard InChI is InChI=1S/C15H15ClF3N3O/c1-21(6-2-7-22-8-5-20-10-22)14(23)11-3-4-13(16)12(9-11)15(17,18)19/h3-5,8-10H,2,6-7H2,1H3. The van der Waals surface area contributed by atoms with Crippen molar-refractivity contribution in [1.82, 2.24) is 14.5 Å². The van der Waals surface area contributed by atoms with Gasteiger partial charge in [0.05, 0.1) is 16.9 Å². The zero-order chi connectivity index (χ0) is 17.0. The first-order valence-corrected chi connectivity index (χ1v) is 7.25. The molecule has 124 valence electrons. The highest BCUT2D eigenvalue weighted by Gasteiger charge is 2.34. The van der Waals surface area contributed by atoms with Crippen LogP contribution in [0, 0.1) is 0 Å². The van der Waals surface area contributed by atoms with E-state index >= 15 is 0 Å². The number of nitrogens with zero attached hydrogens (tertiary/aromatic N) is 3. The molecule has 0 aliphatic rings. The van der Waals surface area contributed by atoms with E-state index in [0.29, 0.717) is 19.5 Å². The van der Waals surface area contributed by atoms with Crippen LogP contribution in [-0.4, -0.2) is 34.0 Å². The first-order valence-electron chi connectivity index (χ1n) is 6.87. The van der Waals surface area contributed by atoms with Crippen molar-refractivity contribution >= 4 is 17.5 Å². The predicted molar refractivity (Wildman–Crippen MR) is 80.3 cm³/mol. The lowest BCUT2D eigenvalue weighted by Gasteiger charge is -2.18. The Kier molecular flexibility index (Phi) is 5.30. The van der Waals surface area contributed by atoms with Gasteiger partial charge in [-0.1, -0.05) is 11.6 Å². The van der Waals surface area contributed by atoms with Crippen LogP contribution in [0.3, 0.4) is 0 Å². The molecule has 1 amide bonds. The van der Waals surface area contributed by atoms with Gasteiger partial charge in [-0.3, -0.25) is 4.79 Å². The number of halogens is 4. The van der Waals surface area contributed by atoms with Crippen molar-refractivity contribution in [3.8, 4) is 0 Å². The fourth-order valence-corrected chi connectivity index (χ4v) is 2.33. The maximum Gasteiger partial charge on any atom is 0.417 e. The van der Waals surface area contributed by atoms with E-state index in [1.807, 2.05) is 4.57 Å². The maximum atomic E-state index is 12.8. The highest BCUT2D eigenvalue weighted by Crippen LogP contribution is 2.35. The number of hydrogen-bond acceptors (Lipinski definition) is 2. The Labute approximate surface area is 136 Å². The zero-order valence-corrected chi connectivity index (χ0v) is 13.1. The molecule has 4 nitrogen and oxygen atoms in total. The van der Waals surface area contributed by atoms with Crippen molar-refractivity contribution in [2.45, 2.75) is 19.1 Å². The summed E-state index contributed by atoms with van der Waals surface area (Å²) in [6.07, 6.45) is 1.19. The van der Waals surface area contributed by atoms with Gasteiger partial charge in [0, 0.05) is 38.1 Å². The zero-order valence-electron chi connectivity index (χ0n) is 12.3. The second-order valence-electron chi connectivity index (χ2n) is 5.07. The van der Waals surface area contributed by atoms with E-state index < -0.39 is 22.7 Å². The molecule has 23 heavy (non-hydrogen) atoms. The largest absolute Gasteiger partial charge is 0.417 e. The highest BCUT2D eigenvalue weighted by atomic mass is 35.5. The minimum absolute atomic E-state index is 0.0353. The molecule has 0 saturated heterocycles. The molecule has 1 aromatic heterocycles. The van der Waals surface area contributed by atoms with E-state index in [-0.39, 0.29) is 5.56 Å². The monoisotopic (exact) mass is 345 g/mol. The normalized spacial score (nSPS) is 11.5. The molecule has 0 bridgehead atoms. The summed E-state index contributed by atoms with van der Waals surface area (Å²) in [6.45, 7) is 1.09. The second-order valence-corrected chi connectivity index (χ2v) is 5.48. The van der Waals surface area contributed by atoms with Gasteiger partial charge < -0.3 is 9.47 Å². The van der Waals surface area contributed by atoms with Crippen molar-refractivity contribution in [3.63, 3.8) is 0 Å². The maximum absolute atomic E-state index is 12.8. The number of carbonyl (C=O) groups excluding carboxylic acids is 1. The van der Waals surface area contributed by atoms with Gasteiger partial charge in [-0.25, -0.2) is 4.98 Å². The van der Waals surface area contributed by atoms with Gasteiger partial charge in [0.1, 0.15) is 0 Å². The Morgan fingerprint density at radius 1 is 1.39 bits per heavy atom. The van der Waals surface area contributed by atoms with Crippen LogP contribution in [0.15, 0.2) is 36.9 Å². The summed E-state index contributed by atoms with van der Waals surface area (Å²) in [4.78, 5) is 17.5. The van der Waals surface area contributed by atoms with Crippen molar-refractivity contribution < 1.29 is 18.0 Å². The first kappa shape index (κ1) is 17.3. The predicted octanol–water partition coefficient (Wildman–Crippen LogP) is 3.72. The number of imidazole rings is 1. The fourth-order valence-electron chi connectivity index (χ4n) is 2.11. The average Bonchev–Trinajstić information content (AvgIpc) is 2.99. The van der Waals surface area contributed by atoms with Crippen LogP contribution < -0.4 is 0 Å². The average molecular weight is 346 g/mol. The number of amides is 1. The minimum atomic E-state index is -4.59. The Hall–Kier alpha value is -2.02. The number of hydrogen-bond donors (Lipinski definition) is 0. The van der Waals surface area contributed by atoms with Crippen molar-refractivity contribution in [2.75, 3.05) is 13.6 Å². The molecular weight excluding hydrogens is 331 g/mol. The highest BCUT2D eigenvalue weighted by molar-refractivity contribution is 6.31. The molecule has 0 atom stereocenters. The SMILES string of the molecule is CN(CCCn1ccnc1)C(=O)c1ccc(Cl)c(C(F)(F)F)c1. The summed E-state index contributed by atoms with van der Waals surface area (Å²) < 4.78 is 40.4. The molecule has 0 fully saturated rings. The molecule has 0 saturated carbocycles. The van der Waals surface area contributed by atoms with E-state index in [4.69, 9.17) is 11.6 Å². The van der Waals surface area contributed by atoms with E-state index in [9.17, 15) is 18.0 Å². The first-order chi connectivity index (χ1) is 10.8. The van der Waals surface area contributed by atoms with Crippen molar-refractivity contribution in [2.24, 2.45) is 0 Å². The number of aryl methyl sites for hydroxylation is 1. The third kappa shape index (κ3) is 4.48. The van der Waals surface area contributed by atoms with E-state index in [2.05, 4.69) is 4.98 Å². The van der Waals surface area contributed by atoms with Gasteiger partial charge in [-0.15, -0.1) is 0 Å². The Morgan fingerprint density at radius 2 is 2.13 bits per heavy atom. The smallest absolute Gasteiger partial charge is 0.342 e. The van der Waals surface area contributed by atoms with Crippen LogP contribution in [-0.2, 0) is 12.7 Å². The summed E-state index contributed by atoms with van der Waals surface area (Å²) in [7, 11) is 1.55. The lowest BCUT2D eigenvalue weighted by atomic mass is 10.1. The van der Waals surface area contributed by atoms with Gasteiger partial charge in [0.2, 0.25) is 0 Å². The van der Waals surface area contributed by atoms with Gasteiger partial charge >= 0.3 is 6.18 Å². The van der Waals surface area contributed by atoms with Crippen LogP contribution >= 0.6 is 11.6 Å². The number of rotatable bonds is 5. The third-order valence-electron chi connectivity index (χ3n) is 3.33. The van der Waals surface area contributed by atoms with Crippen LogP contribution in [0.4, 0.5) is 13.2 Å². The van der Waals surface area contributed by atoms with Crippen LogP contribution in [0.5, 0.6) is 0 Å². The summed E-state index contributed by atoms with van der Waals surface area (Å²) in [5, 5.41) is -0.420. The fraction of sp³-hybridized carbons (Fsp3) is 0.333. The number of alkyl halides is 3. The Bertz CT molecular complexity index is 671. The summed E-state index contributed by atoms with van der Waals surface area (Å²) >= 11 is 5.55. The summed E-state index contributed by atoms with van der Waals surface area (Å²) in [6, 6.07) is 3.18. The second kappa shape index (κ2) is 7.04. The van der Waals surface area contributed by atoms with Gasteiger partial charge in [0.15, 0.2) is 0 Å². The van der Waals surface area contributed by atoms with Gasteiger partial charge in [-0.2, -0.15) is 13.2 Å². The molecular formula is C15H15ClF3N3O. The van der Waals surface area contributed by atoms with Crippen molar-refractivity contribution in [3.05, 3.63) is 53.1 Å². The van der Waals surface area contributed by atoms with Crippen LogP contribution in [0.25, 0.3) is 0 Å². The quantitative estimate of drug-likeness (QED) is 0.828.